The van der Waals surface area contributed by atoms with Crippen molar-refractivity contribution in [1.82, 2.24) is 0 Å². The van der Waals surface area contributed by atoms with Gasteiger partial charge in [-0.1, -0.05) is 29.3 Å². The highest BCUT2D eigenvalue weighted by atomic mass is 35.5. The van der Waals surface area contributed by atoms with Crippen LogP contribution in [0.3, 0.4) is 0 Å². The van der Waals surface area contributed by atoms with Gasteiger partial charge >= 0.3 is 5.97 Å². The number of aryl methyl sites for hydroxylation is 1. The summed E-state index contributed by atoms with van der Waals surface area (Å²) >= 11 is 12.2. The summed E-state index contributed by atoms with van der Waals surface area (Å²) in [4.78, 5) is 51.5. The van der Waals surface area contributed by atoms with Crippen molar-refractivity contribution < 1.29 is 23.9 Å². The van der Waals surface area contributed by atoms with E-state index in [0.717, 1.165) is 10.5 Å². The lowest BCUT2D eigenvalue weighted by atomic mass is 10.1. The largest absolute Gasteiger partial charge is 0.462 e. The minimum atomic E-state index is -0.717. The molecule has 0 bridgehead atoms. The van der Waals surface area contributed by atoms with E-state index >= 15 is 0 Å². The van der Waals surface area contributed by atoms with Gasteiger partial charge in [0.25, 0.3) is 17.7 Å². The molecule has 0 aliphatic carbocycles. The Morgan fingerprint density at radius 2 is 1.65 bits per heavy atom. The number of nitrogens with zero attached hydrogens (tertiary/aromatic N) is 1. The number of amides is 3. The summed E-state index contributed by atoms with van der Waals surface area (Å²) in [6, 6.07) is 17.4. The van der Waals surface area contributed by atoms with Crippen molar-refractivity contribution in [3.63, 3.8) is 0 Å². The number of hydrogen-bond acceptors (Lipinski definition) is 6. The summed E-state index contributed by atoms with van der Waals surface area (Å²) in [5.41, 5.74) is 2.51. The molecule has 0 unspecified atom stereocenters. The van der Waals surface area contributed by atoms with E-state index < -0.39 is 17.8 Å². The van der Waals surface area contributed by atoms with E-state index in [1.807, 2.05) is 6.92 Å². The van der Waals surface area contributed by atoms with Crippen molar-refractivity contribution >= 4 is 64.0 Å². The lowest BCUT2D eigenvalue weighted by Gasteiger charge is -2.15. The smallest absolute Gasteiger partial charge is 0.338 e. The predicted octanol–water partition coefficient (Wildman–Crippen LogP) is 5.51. The molecule has 0 spiro atoms. The summed E-state index contributed by atoms with van der Waals surface area (Å²) in [6.45, 7) is 3.74. The number of ether oxygens (including phenoxy) is 1. The molecule has 1 aliphatic heterocycles. The summed E-state index contributed by atoms with van der Waals surface area (Å²) in [7, 11) is 0. The second kappa shape index (κ2) is 10.9. The molecule has 0 saturated carbocycles. The van der Waals surface area contributed by atoms with Crippen LogP contribution in [0.25, 0.3) is 0 Å². The summed E-state index contributed by atoms with van der Waals surface area (Å²) < 4.78 is 4.95. The van der Waals surface area contributed by atoms with Crippen LogP contribution in [0.4, 0.5) is 17.1 Å². The van der Waals surface area contributed by atoms with Crippen LogP contribution in [-0.4, -0.2) is 30.3 Å². The van der Waals surface area contributed by atoms with Crippen LogP contribution in [0.5, 0.6) is 0 Å². The monoisotopic (exact) mass is 537 g/mol. The molecule has 37 heavy (non-hydrogen) atoms. The van der Waals surface area contributed by atoms with Crippen LogP contribution in [0.1, 0.15) is 33.2 Å². The fourth-order valence-corrected chi connectivity index (χ4v) is 4.09. The minimum absolute atomic E-state index is 0.132. The van der Waals surface area contributed by atoms with Crippen LogP contribution < -0.4 is 15.5 Å². The standard InChI is InChI=1S/C27H21Cl2N3O5/c1-3-37-27(36)16-7-10-20(11-8-16)32-25(34)22(29)23(26(32)35)30-19-6-4-5-17(14-19)24(33)31-21-12-9-18(28)13-15(21)2/h4-14,30H,3H2,1-2H3,(H,31,33). The average molecular weight is 538 g/mol. The second-order valence-corrected chi connectivity index (χ2v) is 8.84. The number of rotatable bonds is 7. The van der Waals surface area contributed by atoms with Crippen LogP contribution in [-0.2, 0) is 14.3 Å². The Bertz CT molecular complexity index is 1450. The van der Waals surface area contributed by atoms with Crippen LogP contribution in [0.2, 0.25) is 5.02 Å². The van der Waals surface area contributed by atoms with E-state index in [0.29, 0.717) is 22.0 Å². The van der Waals surface area contributed by atoms with Crippen molar-refractivity contribution in [2.75, 3.05) is 22.1 Å². The zero-order valence-corrected chi connectivity index (χ0v) is 21.3. The molecule has 3 aromatic carbocycles. The molecule has 0 radical (unpaired) electrons. The lowest BCUT2D eigenvalue weighted by molar-refractivity contribution is -0.120. The maximum absolute atomic E-state index is 13.1. The fourth-order valence-electron chi connectivity index (χ4n) is 3.65. The van der Waals surface area contributed by atoms with Gasteiger partial charge in [0.1, 0.15) is 10.7 Å². The van der Waals surface area contributed by atoms with E-state index in [9.17, 15) is 19.2 Å². The molecule has 3 amide bonds. The summed E-state index contributed by atoms with van der Waals surface area (Å²) in [5, 5.41) is 5.94. The number of hydrogen-bond donors (Lipinski definition) is 2. The highest BCUT2D eigenvalue weighted by Crippen LogP contribution is 2.30. The molecule has 0 aromatic heterocycles. The number of carbonyl (C=O) groups excluding carboxylic acids is 4. The first-order chi connectivity index (χ1) is 17.7. The van der Waals surface area contributed by atoms with Gasteiger partial charge in [0.05, 0.1) is 17.9 Å². The van der Waals surface area contributed by atoms with E-state index in [1.165, 1.54) is 30.3 Å². The van der Waals surface area contributed by atoms with Crippen LogP contribution in [0.15, 0.2) is 77.5 Å². The van der Waals surface area contributed by atoms with Crippen molar-refractivity contribution in [2.45, 2.75) is 13.8 Å². The van der Waals surface area contributed by atoms with Gasteiger partial charge < -0.3 is 15.4 Å². The molecule has 1 heterocycles. The zero-order chi connectivity index (χ0) is 26.7. The Hall–Kier alpha value is -4.14. The second-order valence-electron chi connectivity index (χ2n) is 8.02. The van der Waals surface area contributed by atoms with E-state index in [1.54, 1.807) is 43.3 Å². The lowest BCUT2D eigenvalue weighted by Crippen LogP contribution is -2.32. The normalized spacial score (nSPS) is 13.1. The SMILES string of the molecule is CCOC(=O)c1ccc(N2C(=O)C(Cl)=C(Nc3cccc(C(=O)Nc4ccc(Cl)cc4C)c3)C2=O)cc1. The van der Waals surface area contributed by atoms with Gasteiger partial charge in [0.2, 0.25) is 0 Å². The molecular formula is C27H21Cl2N3O5. The summed E-state index contributed by atoms with van der Waals surface area (Å²) in [6.07, 6.45) is 0. The third kappa shape index (κ3) is 5.50. The minimum Gasteiger partial charge on any atom is -0.462 e. The first-order valence-corrected chi connectivity index (χ1v) is 12.0. The van der Waals surface area contributed by atoms with Gasteiger partial charge in [-0.2, -0.15) is 0 Å². The predicted molar refractivity (Wildman–Crippen MR) is 142 cm³/mol. The number of imide groups is 1. The number of anilines is 3. The Balaban J connectivity index is 1.51. The molecule has 10 heteroatoms. The number of carbonyl (C=O) groups is 4. The van der Waals surface area contributed by atoms with E-state index in [-0.39, 0.29) is 34.5 Å². The van der Waals surface area contributed by atoms with E-state index in [2.05, 4.69) is 10.6 Å². The highest BCUT2D eigenvalue weighted by molar-refractivity contribution is 6.53. The van der Waals surface area contributed by atoms with Crippen molar-refractivity contribution in [3.8, 4) is 0 Å². The maximum Gasteiger partial charge on any atom is 0.338 e. The molecule has 4 rings (SSSR count). The molecule has 0 fully saturated rings. The summed E-state index contributed by atoms with van der Waals surface area (Å²) in [5.74, 6) is -2.27. The third-order valence-electron chi connectivity index (χ3n) is 5.49. The molecule has 2 N–H and O–H groups in total. The van der Waals surface area contributed by atoms with Gasteiger partial charge in [-0.15, -0.1) is 0 Å². The first kappa shape index (κ1) is 25.9. The van der Waals surface area contributed by atoms with Gasteiger partial charge in [-0.05, 0) is 80.1 Å². The number of halogens is 2. The number of benzene rings is 3. The molecular weight excluding hydrogens is 517 g/mol. The van der Waals surface area contributed by atoms with Crippen LogP contribution in [0, 0.1) is 6.92 Å². The topological polar surface area (TPSA) is 105 Å². The van der Waals surface area contributed by atoms with Crippen LogP contribution >= 0.6 is 23.2 Å². The Labute approximate surface area is 222 Å². The van der Waals surface area contributed by atoms with Gasteiger partial charge in [0.15, 0.2) is 0 Å². The Morgan fingerprint density at radius 1 is 0.919 bits per heavy atom. The maximum atomic E-state index is 13.1. The zero-order valence-electron chi connectivity index (χ0n) is 19.8. The van der Waals surface area contributed by atoms with Crippen molar-refractivity contribution in [3.05, 3.63) is 99.2 Å². The van der Waals surface area contributed by atoms with E-state index in [4.69, 9.17) is 27.9 Å². The average Bonchev–Trinajstić information content (AvgIpc) is 3.09. The van der Waals surface area contributed by atoms with Crippen molar-refractivity contribution in [1.29, 1.82) is 0 Å². The molecule has 8 nitrogen and oxygen atoms in total. The highest BCUT2D eigenvalue weighted by Gasteiger charge is 2.39. The fraction of sp³-hybridized carbons (Fsp3) is 0.111. The van der Waals surface area contributed by atoms with Gasteiger partial charge in [0, 0.05) is 22.0 Å². The van der Waals surface area contributed by atoms with Gasteiger partial charge in [-0.25, -0.2) is 9.69 Å². The number of nitrogens with one attached hydrogen (secondary N) is 2. The van der Waals surface area contributed by atoms with Gasteiger partial charge in [-0.3, -0.25) is 14.4 Å². The molecule has 3 aromatic rings. The molecule has 1 aliphatic rings. The Morgan fingerprint density at radius 3 is 2.32 bits per heavy atom. The van der Waals surface area contributed by atoms with Crippen molar-refractivity contribution in [2.24, 2.45) is 0 Å². The molecule has 0 atom stereocenters. The Kier molecular flexibility index (Phi) is 7.61. The third-order valence-corrected chi connectivity index (χ3v) is 6.08. The molecule has 0 saturated heterocycles. The molecule has 188 valence electrons. The first-order valence-electron chi connectivity index (χ1n) is 11.2. The number of esters is 1. The quantitative estimate of drug-likeness (QED) is 0.304.